The normalized spacial score (nSPS) is 10.0. The molecule has 0 saturated heterocycles. The summed E-state index contributed by atoms with van der Waals surface area (Å²) in [6.45, 7) is 1.31. The molecule has 0 fully saturated rings. The summed E-state index contributed by atoms with van der Waals surface area (Å²) in [5.41, 5.74) is 2.01. The summed E-state index contributed by atoms with van der Waals surface area (Å²) in [6, 6.07) is 15.9. The Hall–Kier alpha value is -2.38. The average Bonchev–Trinajstić information content (AvgIpc) is 2.48. The number of nitrogens with one attached hydrogen (secondary N) is 1. The smallest absolute Gasteiger partial charge is 0.174 e. The number of ether oxygens (including phenoxy) is 1. The van der Waals surface area contributed by atoms with Crippen molar-refractivity contribution >= 4 is 0 Å². The molecule has 4 heteroatoms. The minimum Gasteiger partial charge on any atom is -0.478 e. The Morgan fingerprint density at radius 1 is 1.05 bits per heavy atom. The lowest BCUT2D eigenvalue weighted by Crippen LogP contribution is -2.13. The van der Waals surface area contributed by atoms with Crippen molar-refractivity contribution in [1.82, 2.24) is 5.32 Å². The molecule has 0 heterocycles. The van der Waals surface area contributed by atoms with E-state index in [1.165, 1.54) is 12.1 Å². The predicted octanol–water partition coefficient (Wildman–Crippen LogP) is 3.02. The van der Waals surface area contributed by atoms with Crippen LogP contribution in [0.4, 0.5) is 4.39 Å². The molecule has 2 rings (SSSR count). The number of hydrogen-bond acceptors (Lipinski definition) is 3. The van der Waals surface area contributed by atoms with E-state index in [1.807, 2.05) is 30.3 Å². The van der Waals surface area contributed by atoms with Gasteiger partial charge >= 0.3 is 0 Å². The van der Waals surface area contributed by atoms with Crippen LogP contribution in [-0.2, 0) is 13.1 Å². The minimum atomic E-state index is -0.232. The van der Waals surface area contributed by atoms with E-state index in [9.17, 15) is 4.39 Å². The largest absolute Gasteiger partial charge is 0.478 e. The second kappa shape index (κ2) is 7.27. The van der Waals surface area contributed by atoms with Gasteiger partial charge in [-0.05, 0) is 23.8 Å². The molecule has 0 unspecified atom stereocenters. The van der Waals surface area contributed by atoms with E-state index in [0.29, 0.717) is 18.8 Å². The highest BCUT2D eigenvalue weighted by atomic mass is 19.1. The second-order valence-corrected chi connectivity index (χ2v) is 4.28. The molecule has 0 spiro atoms. The van der Waals surface area contributed by atoms with Crippen LogP contribution in [0.5, 0.6) is 5.75 Å². The van der Waals surface area contributed by atoms with Gasteiger partial charge in [0, 0.05) is 18.7 Å². The Kier molecular flexibility index (Phi) is 5.10. The summed E-state index contributed by atoms with van der Waals surface area (Å²) in [5.74, 6) is 0.477. The third kappa shape index (κ3) is 4.08. The number of hydrogen-bond donors (Lipinski definition) is 1. The van der Waals surface area contributed by atoms with Crippen molar-refractivity contribution in [2.24, 2.45) is 0 Å². The van der Waals surface area contributed by atoms with Crippen molar-refractivity contribution in [3.63, 3.8) is 0 Å². The van der Waals surface area contributed by atoms with E-state index in [1.54, 1.807) is 12.1 Å². The lowest BCUT2D eigenvalue weighted by atomic mass is 10.2. The monoisotopic (exact) mass is 270 g/mol. The summed E-state index contributed by atoms with van der Waals surface area (Å²) in [6.07, 6.45) is 0. The Morgan fingerprint density at radius 3 is 2.55 bits per heavy atom. The van der Waals surface area contributed by atoms with Gasteiger partial charge in [-0.2, -0.15) is 5.26 Å². The van der Waals surface area contributed by atoms with E-state index < -0.39 is 0 Å². The van der Waals surface area contributed by atoms with E-state index in [4.69, 9.17) is 10.00 Å². The van der Waals surface area contributed by atoms with Crippen LogP contribution in [0.1, 0.15) is 11.1 Å². The van der Waals surface area contributed by atoms with Crippen LogP contribution in [0.25, 0.3) is 0 Å². The predicted molar refractivity (Wildman–Crippen MR) is 74.5 cm³/mol. The maximum absolute atomic E-state index is 12.8. The number of rotatable bonds is 6. The maximum Gasteiger partial charge on any atom is 0.174 e. The second-order valence-electron chi connectivity index (χ2n) is 4.28. The minimum absolute atomic E-state index is 0.0367. The highest BCUT2D eigenvalue weighted by molar-refractivity contribution is 5.33. The molecule has 1 N–H and O–H groups in total. The topological polar surface area (TPSA) is 45.0 Å². The van der Waals surface area contributed by atoms with Crippen LogP contribution in [0.3, 0.4) is 0 Å². The lowest BCUT2D eigenvalue weighted by Gasteiger charge is -2.10. The number of para-hydroxylation sites is 1. The number of nitrogens with zero attached hydrogens (tertiary/aromatic N) is 1. The van der Waals surface area contributed by atoms with Crippen LogP contribution >= 0.6 is 0 Å². The molecule has 0 atom stereocenters. The van der Waals surface area contributed by atoms with Gasteiger partial charge in [-0.15, -0.1) is 0 Å². The molecule has 0 amide bonds. The third-order valence-electron chi connectivity index (χ3n) is 2.82. The lowest BCUT2D eigenvalue weighted by molar-refractivity contribution is 0.362. The van der Waals surface area contributed by atoms with Crippen molar-refractivity contribution in [2.45, 2.75) is 13.1 Å². The Morgan fingerprint density at radius 2 is 1.80 bits per heavy atom. The van der Waals surface area contributed by atoms with Gasteiger partial charge in [0.15, 0.2) is 6.61 Å². The van der Waals surface area contributed by atoms with Crippen LogP contribution in [0.2, 0.25) is 0 Å². The standard InChI is InChI=1S/C16H15FN2O/c17-15-7-5-13(6-8-15)11-19-12-14-3-1-2-4-16(14)20-10-9-18/h1-8,19H,10-12H2. The van der Waals surface area contributed by atoms with Gasteiger partial charge in [0.05, 0.1) is 0 Å². The fourth-order valence-corrected chi connectivity index (χ4v) is 1.84. The molecule has 0 aliphatic carbocycles. The number of benzene rings is 2. The highest BCUT2D eigenvalue weighted by Crippen LogP contribution is 2.17. The molecule has 0 aromatic heterocycles. The summed E-state index contributed by atoms with van der Waals surface area (Å²) in [7, 11) is 0. The van der Waals surface area contributed by atoms with Gasteiger partial charge in [-0.1, -0.05) is 30.3 Å². The van der Waals surface area contributed by atoms with Gasteiger partial charge in [0.25, 0.3) is 0 Å². The van der Waals surface area contributed by atoms with Crippen molar-refractivity contribution in [2.75, 3.05) is 6.61 Å². The molecule has 0 radical (unpaired) electrons. The molecule has 0 aliphatic rings. The van der Waals surface area contributed by atoms with Crippen LogP contribution in [-0.4, -0.2) is 6.61 Å². The summed E-state index contributed by atoms with van der Waals surface area (Å²) < 4.78 is 18.1. The summed E-state index contributed by atoms with van der Waals surface area (Å²) in [4.78, 5) is 0. The van der Waals surface area contributed by atoms with E-state index in [2.05, 4.69) is 5.32 Å². The van der Waals surface area contributed by atoms with Crippen molar-refractivity contribution in [3.05, 3.63) is 65.5 Å². The van der Waals surface area contributed by atoms with Crippen molar-refractivity contribution < 1.29 is 9.13 Å². The van der Waals surface area contributed by atoms with Gasteiger partial charge in [0.2, 0.25) is 0 Å². The zero-order chi connectivity index (χ0) is 14.2. The van der Waals surface area contributed by atoms with Gasteiger partial charge in [-0.3, -0.25) is 0 Å². The first-order valence-corrected chi connectivity index (χ1v) is 6.32. The van der Waals surface area contributed by atoms with Gasteiger partial charge in [-0.25, -0.2) is 4.39 Å². The van der Waals surface area contributed by atoms with Crippen molar-refractivity contribution in [3.8, 4) is 11.8 Å². The first kappa shape index (κ1) is 14.0. The fraction of sp³-hybridized carbons (Fsp3) is 0.188. The Bertz CT molecular complexity index is 590. The Balaban J connectivity index is 1.90. The van der Waals surface area contributed by atoms with E-state index in [0.717, 1.165) is 11.1 Å². The van der Waals surface area contributed by atoms with E-state index >= 15 is 0 Å². The fourth-order valence-electron chi connectivity index (χ4n) is 1.84. The van der Waals surface area contributed by atoms with E-state index in [-0.39, 0.29) is 12.4 Å². The molecule has 2 aromatic carbocycles. The first-order valence-electron chi connectivity index (χ1n) is 6.32. The zero-order valence-electron chi connectivity index (χ0n) is 11.0. The van der Waals surface area contributed by atoms with Crippen molar-refractivity contribution in [1.29, 1.82) is 5.26 Å². The zero-order valence-corrected chi connectivity index (χ0v) is 11.0. The van der Waals surface area contributed by atoms with Crippen LogP contribution < -0.4 is 10.1 Å². The van der Waals surface area contributed by atoms with Crippen LogP contribution in [0.15, 0.2) is 48.5 Å². The molecule has 20 heavy (non-hydrogen) atoms. The molecule has 0 bridgehead atoms. The SMILES string of the molecule is N#CCOc1ccccc1CNCc1ccc(F)cc1. The molecule has 3 nitrogen and oxygen atoms in total. The third-order valence-corrected chi connectivity index (χ3v) is 2.82. The molecule has 102 valence electrons. The molecule has 2 aromatic rings. The maximum atomic E-state index is 12.8. The number of halogens is 1. The molecular formula is C16H15FN2O. The quantitative estimate of drug-likeness (QED) is 0.877. The average molecular weight is 270 g/mol. The highest BCUT2D eigenvalue weighted by Gasteiger charge is 2.02. The summed E-state index contributed by atoms with van der Waals surface area (Å²) in [5, 5.41) is 11.8. The number of nitriles is 1. The summed E-state index contributed by atoms with van der Waals surface area (Å²) >= 11 is 0. The Labute approximate surface area is 117 Å². The van der Waals surface area contributed by atoms with Gasteiger partial charge in [0.1, 0.15) is 17.6 Å². The first-order chi connectivity index (χ1) is 9.79. The molecular weight excluding hydrogens is 255 g/mol. The molecule has 0 saturated carbocycles. The van der Waals surface area contributed by atoms with Crippen LogP contribution in [0, 0.1) is 17.1 Å². The molecule has 0 aliphatic heterocycles. The van der Waals surface area contributed by atoms with Gasteiger partial charge < -0.3 is 10.1 Å².